The van der Waals surface area contributed by atoms with Gasteiger partial charge in [-0.2, -0.15) is 0 Å². The highest BCUT2D eigenvalue weighted by Crippen LogP contribution is 2.19. The highest BCUT2D eigenvalue weighted by Gasteiger charge is 2.12. The third-order valence-corrected chi connectivity index (χ3v) is 6.10. The average molecular weight is 507 g/mol. The van der Waals surface area contributed by atoms with Gasteiger partial charge in [0.1, 0.15) is 0 Å². The van der Waals surface area contributed by atoms with E-state index in [0.717, 1.165) is 11.4 Å². The standard InChI is InChI=1S/C31H30N4O3/c1-34(2)27-17-9-23(10-18-27)30(37)32-25-13-5-21(6-14-25)29(36)22-7-15-26(16-8-22)33-31(38)24-11-19-28(20-12-24)35(3)4/h5-20H,1-4H3,(H,32,37)(H,33,38). The minimum absolute atomic E-state index is 0.153. The van der Waals surface area contributed by atoms with Crippen LogP contribution in [0.3, 0.4) is 0 Å². The first-order valence-electron chi connectivity index (χ1n) is 12.1. The molecule has 0 unspecified atom stereocenters. The number of amides is 2. The van der Waals surface area contributed by atoms with Crippen molar-refractivity contribution in [1.82, 2.24) is 0 Å². The molecule has 0 atom stereocenters. The summed E-state index contributed by atoms with van der Waals surface area (Å²) in [6.45, 7) is 0. The van der Waals surface area contributed by atoms with Gasteiger partial charge >= 0.3 is 0 Å². The number of carbonyl (C=O) groups excluding carboxylic acids is 3. The van der Waals surface area contributed by atoms with E-state index in [9.17, 15) is 14.4 Å². The Morgan fingerprint density at radius 1 is 0.447 bits per heavy atom. The SMILES string of the molecule is CN(C)c1ccc(C(=O)Nc2ccc(C(=O)c3ccc(NC(=O)c4ccc(N(C)C)cc4)cc3)cc2)cc1. The van der Waals surface area contributed by atoms with E-state index in [1.54, 1.807) is 72.8 Å². The minimum atomic E-state index is -0.222. The van der Waals surface area contributed by atoms with E-state index < -0.39 is 0 Å². The zero-order valence-corrected chi connectivity index (χ0v) is 21.9. The van der Waals surface area contributed by atoms with Gasteiger partial charge in [-0.25, -0.2) is 0 Å². The van der Waals surface area contributed by atoms with Crippen LogP contribution in [0.4, 0.5) is 22.7 Å². The Morgan fingerprint density at radius 3 is 1.03 bits per heavy atom. The van der Waals surface area contributed by atoms with Crippen molar-refractivity contribution >= 4 is 40.3 Å². The van der Waals surface area contributed by atoms with Gasteiger partial charge in [0.25, 0.3) is 11.8 Å². The topological polar surface area (TPSA) is 81.8 Å². The molecule has 0 aromatic heterocycles. The molecule has 2 N–H and O–H groups in total. The number of hydrogen-bond donors (Lipinski definition) is 2. The number of nitrogens with zero attached hydrogens (tertiary/aromatic N) is 2. The molecule has 0 saturated heterocycles. The summed E-state index contributed by atoms with van der Waals surface area (Å²) in [5, 5.41) is 5.71. The van der Waals surface area contributed by atoms with Crippen molar-refractivity contribution in [2.75, 3.05) is 48.6 Å². The average Bonchev–Trinajstić information content (AvgIpc) is 2.93. The normalized spacial score (nSPS) is 10.4. The number of anilines is 4. The smallest absolute Gasteiger partial charge is 0.255 e. The molecule has 0 saturated carbocycles. The van der Waals surface area contributed by atoms with E-state index in [2.05, 4.69) is 10.6 Å². The summed E-state index contributed by atoms with van der Waals surface area (Å²) >= 11 is 0. The third-order valence-electron chi connectivity index (χ3n) is 6.10. The van der Waals surface area contributed by atoms with E-state index >= 15 is 0 Å². The highest BCUT2D eigenvalue weighted by molar-refractivity contribution is 6.10. The molecule has 0 spiro atoms. The maximum atomic E-state index is 12.9. The molecule has 2 amide bonds. The molecule has 38 heavy (non-hydrogen) atoms. The minimum Gasteiger partial charge on any atom is -0.378 e. The van der Waals surface area contributed by atoms with Crippen LogP contribution in [0, 0.1) is 0 Å². The van der Waals surface area contributed by atoms with E-state index in [0.29, 0.717) is 33.6 Å². The Bertz CT molecular complexity index is 1310. The fourth-order valence-corrected chi connectivity index (χ4v) is 3.80. The van der Waals surface area contributed by atoms with Crippen molar-refractivity contribution in [1.29, 1.82) is 0 Å². The van der Waals surface area contributed by atoms with Gasteiger partial charge in [-0.05, 0) is 97.1 Å². The fourth-order valence-electron chi connectivity index (χ4n) is 3.80. The third kappa shape index (κ3) is 6.25. The van der Waals surface area contributed by atoms with Crippen LogP contribution >= 0.6 is 0 Å². The Labute approximate surface area is 222 Å². The Kier molecular flexibility index (Phi) is 7.87. The maximum absolute atomic E-state index is 12.9. The Balaban J connectivity index is 1.36. The van der Waals surface area contributed by atoms with Gasteiger partial charge in [-0.1, -0.05) is 0 Å². The van der Waals surface area contributed by atoms with Crippen molar-refractivity contribution in [3.05, 3.63) is 119 Å². The van der Waals surface area contributed by atoms with Crippen LogP contribution in [0.1, 0.15) is 36.6 Å². The molecular weight excluding hydrogens is 476 g/mol. The maximum Gasteiger partial charge on any atom is 0.255 e. The Hall–Kier alpha value is -4.91. The van der Waals surface area contributed by atoms with Gasteiger partial charge in [-0.3, -0.25) is 14.4 Å². The first-order chi connectivity index (χ1) is 18.2. The first kappa shape index (κ1) is 26.2. The number of benzene rings is 4. The van der Waals surface area contributed by atoms with Gasteiger partial charge in [0.15, 0.2) is 5.78 Å². The van der Waals surface area contributed by atoms with Crippen molar-refractivity contribution in [3.8, 4) is 0 Å². The lowest BCUT2D eigenvalue weighted by Gasteiger charge is -2.13. The van der Waals surface area contributed by atoms with Crippen molar-refractivity contribution in [3.63, 3.8) is 0 Å². The van der Waals surface area contributed by atoms with Crippen LogP contribution in [0.15, 0.2) is 97.1 Å². The number of nitrogens with one attached hydrogen (secondary N) is 2. The molecule has 7 heteroatoms. The lowest BCUT2D eigenvalue weighted by atomic mass is 10.0. The zero-order chi connectivity index (χ0) is 27.2. The summed E-state index contributed by atoms with van der Waals surface area (Å²) < 4.78 is 0. The van der Waals surface area contributed by atoms with E-state index in [4.69, 9.17) is 0 Å². The molecule has 0 fully saturated rings. The van der Waals surface area contributed by atoms with Crippen molar-refractivity contribution < 1.29 is 14.4 Å². The molecule has 192 valence electrons. The molecule has 0 heterocycles. The summed E-state index contributed by atoms with van der Waals surface area (Å²) in [4.78, 5) is 42.0. The van der Waals surface area contributed by atoms with Gasteiger partial charge in [0.05, 0.1) is 0 Å². The van der Waals surface area contributed by atoms with Crippen LogP contribution in [0.2, 0.25) is 0 Å². The highest BCUT2D eigenvalue weighted by atomic mass is 16.2. The molecular formula is C31H30N4O3. The predicted octanol–water partition coefficient (Wildman–Crippen LogP) is 5.55. The number of rotatable bonds is 8. The summed E-state index contributed by atoms with van der Waals surface area (Å²) in [6.07, 6.45) is 0. The van der Waals surface area contributed by atoms with Gasteiger partial charge < -0.3 is 20.4 Å². The predicted molar refractivity (Wildman–Crippen MR) is 154 cm³/mol. The largest absolute Gasteiger partial charge is 0.378 e. The van der Waals surface area contributed by atoms with Gasteiger partial charge in [-0.15, -0.1) is 0 Å². The molecule has 0 aliphatic rings. The monoisotopic (exact) mass is 506 g/mol. The van der Waals surface area contributed by atoms with Gasteiger partial charge in [0, 0.05) is 73.2 Å². The summed E-state index contributed by atoms with van der Waals surface area (Å²) in [5.41, 5.74) is 5.30. The Morgan fingerprint density at radius 2 is 0.737 bits per heavy atom. The molecule has 7 nitrogen and oxygen atoms in total. The second kappa shape index (κ2) is 11.4. The van der Waals surface area contributed by atoms with E-state index in [-0.39, 0.29) is 17.6 Å². The first-order valence-corrected chi connectivity index (χ1v) is 12.1. The van der Waals surface area contributed by atoms with Crippen LogP contribution < -0.4 is 20.4 Å². The molecule has 0 aliphatic carbocycles. The second-order valence-electron chi connectivity index (χ2n) is 9.27. The van der Waals surface area contributed by atoms with Crippen molar-refractivity contribution in [2.24, 2.45) is 0 Å². The van der Waals surface area contributed by atoms with E-state index in [1.165, 1.54) is 0 Å². The second-order valence-corrected chi connectivity index (χ2v) is 9.27. The molecule has 0 aliphatic heterocycles. The van der Waals surface area contributed by atoms with Crippen LogP contribution in [0.25, 0.3) is 0 Å². The molecule has 4 aromatic carbocycles. The summed E-state index contributed by atoms with van der Waals surface area (Å²) in [6, 6.07) is 28.2. The quantitative estimate of drug-likeness (QED) is 0.306. The van der Waals surface area contributed by atoms with Crippen molar-refractivity contribution in [2.45, 2.75) is 0 Å². The molecule has 0 radical (unpaired) electrons. The number of carbonyl (C=O) groups is 3. The molecule has 4 aromatic rings. The van der Waals surface area contributed by atoms with Crippen LogP contribution in [0.5, 0.6) is 0 Å². The lowest BCUT2D eigenvalue weighted by molar-refractivity contribution is 0.101. The zero-order valence-electron chi connectivity index (χ0n) is 21.9. The van der Waals surface area contributed by atoms with Crippen LogP contribution in [-0.2, 0) is 0 Å². The lowest BCUT2D eigenvalue weighted by Crippen LogP contribution is -2.13. The molecule has 4 rings (SSSR count). The van der Waals surface area contributed by atoms with Crippen LogP contribution in [-0.4, -0.2) is 45.8 Å². The number of ketones is 1. The molecule has 0 bridgehead atoms. The number of hydrogen-bond acceptors (Lipinski definition) is 5. The summed E-state index contributed by atoms with van der Waals surface area (Å²) in [5.74, 6) is -0.597. The fraction of sp³-hybridized carbons (Fsp3) is 0.129. The van der Waals surface area contributed by atoms with Gasteiger partial charge in [0.2, 0.25) is 0 Å². The summed E-state index contributed by atoms with van der Waals surface area (Å²) in [7, 11) is 7.77. The van der Waals surface area contributed by atoms with E-state index in [1.807, 2.05) is 62.3 Å².